The predicted molar refractivity (Wildman–Crippen MR) is 184 cm³/mol. The molecule has 2 aliphatic heterocycles. The molecule has 4 nitrogen and oxygen atoms in total. The van der Waals surface area contributed by atoms with Gasteiger partial charge in [-0.1, -0.05) is 93.5 Å². The summed E-state index contributed by atoms with van der Waals surface area (Å²) in [6.45, 7) is 26.4. The summed E-state index contributed by atoms with van der Waals surface area (Å²) in [5.74, 6) is 5.15. The van der Waals surface area contributed by atoms with Crippen molar-refractivity contribution >= 4 is 0 Å². The molecule has 0 aliphatic carbocycles. The Morgan fingerprint density at radius 3 is 1.09 bits per heavy atom. The van der Waals surface area contributed by atoms with Crippen LogP contribution in [0.5, 0.6) is 11.5 Å². The molecule has 4 rings (SSSR count). The van der Waals surface area contributed by atoms with Gasteiger partial charge in [0.15, 0.2) is 0 Å². The summed E-state index contributed by atoms with van der Waals surface area (Å²) in [4.78, 5) is 0. The first-order chi connectivity index (χ1) is 21.0. The van der Waals surface area contributed by atoms with Gasteiger partial charge in [-0.3, -0.25) is 0 Å². The third kappa shape index (κ3) is 9.73. The molecule has 2 saturated heterocycles. The van der Waals surface area contributed by atoms with Crippen molar-refractivity contribution < 1.29 is 18.9 Å². The number of hydrogen-bond donors (Lipinski definition) is 0. The van der Waals surface area contributed by atoms with Crippen LogP contribution in [0.2, 0.25) is 0 Å². The average molecular weight is 607 g/mol. The molecule has 0 N–H and O–H groups in total. The Bertz CT molecular complexity index is 1040. The van der Waals surface area contributed by atoms with Crippen LogP contribution in [0.3, 0.4) is 0 Å². The molecule has 4 heteroatoms. The Labute approximate surface area is 269 Å². The average Bonchev–Trinajstić information content (AvgIpc) is 3.89. The van der Waals surface area contributed by atoms with Crippen molar-refractivity contribution in [2.45, 2.75) is 144 Å². The van der Waals surface area contributed by atoms with Crippen LogP contribution in [0, 0.1) is 11.8 Å². The Hall–Kier alpha value is -2.04. The third-order valence-corrected chi connectivity index (χ3v) is 9.69. The van der Waals surface area contributed by atoms with Gasteiger partial charge in [-0.05, 0) is 107 Å². The molecule has 0 amide bonds. The summed E-state index contributed by atoms with van der Waals surface area (Å²) in [6, 6.07) is 9.68. The van der Waals surface area contributed by atoms with E-state index < -0.39 is 0 Å². The van der Waals surface area contributed by atoms with E-state index in [4.69, 9.17) is 18.9 Å². The predicted octanol–water partition coefficient (Wildman–Crippen LogP) is 10.4. The van der Waals surface area contributed by atoms with Gasteiger partial charge in [-0.25, -0.2) is 0 Å². The first-order valence-corrected chi connectivity index (χ1v) is 17.8. The molecule has 0 bridgehead atoms. The SMILES string of the molecule is CC(C)c1cc(CCc2cc(C(C)C)c(OCCCC(C)C3CO3)c(C(C)C)c2)cc(C(C)C)c1OCCCC(C)C1CO1. The van der Waals surface area contributed by atoms with E-state index in [2.05, 4.69) is 93.5 Å². The molecule has 2 aromatic carbocycles. The lowest BCUT2D eigenvalue weighted by Crippen LogP contribution is -2.10. The monoisotopic (exact) mass is 606 g/mol. The van der Waals surface area contributed by atoms with Crippen LogP contribution in [0.1, 0.15) is 152 Å². The molecule has 0 aromatic heterocycles. The first kappa shape index (κ1) is 34.8. The van der Waals surface area contributed by atoms with Crippen LogP contribution in [-0.2, 0) is 22.3 Å². The second-order valence-electron chi connectivity index (χ2n) is 15.0. The summed E-state index contributed by atoms with van der Waals surface area (Å²) in [5, 5.41) is 0. The van der Waals surface area contributed by atoms with Crippen molar-refractivity contribution in [3.05, 3.63) is 57.6 Å². The Kier molecular flexibility index (Phi) is 12.7. The quantitative estimate of drug-likeness (QED) is 0.118. The second kappa shape index (κ2) is 16.0. The van der Waals surface area contributed by atoms with Crippen LogP contribution >= 0.6 is 0 Å². The normalized spacial score (nSPS) is 19.2. The van der Waals surface area contributed by atoms with Gasteiger partial charge in [0.1, 0.15) is 11.5 Å². The molecule has 2 heterocycles. The van der Waals surface area contributed by atoms with Gasteiger partial charge >= 0.3 is 0 Å². The zero-order valence-electron chi connectivity index (χ0n) is 29.6. The smallest absolute Gasteiger partial charge is 0.126 e. The highest BCUT2D eigenvalue weighted by Crippen LogP contribution is 2.39. The fraction of sp³-hybridized carbons (Fsp3) is 0.700. The zero-order valence-corrected chi connectivity index (χ0v) is 29.6. The number of epoxide rings is 2. The lowest BCUT2D eigenvalue weighted by molar-refractivity contribution is 0.270. The number of benzene rings is 2. The second-order valence-corrected chi connectivity index (χ2v) is 15.0. The minimum atomic E-state index is 0.414. The topological polar surface area (TPSA) is 43.5 Å². The Balaban J connectivity index is 1.47. The van der Waals surface area contributed by atoms with Gasteiger partial charge in [0.25, 0.3) is 0 Å². The summed E-state index contributed by atoms with van der Waals surface area (Å²) >= 11 is 0. The fourth-order valence-electron chi connectivity index (χ4n) is 6.40. The van der Waals surface area contributed by atoms with E-state index in [-0.39, 0.29) is 0 Å². The van der Waals surface area contributed by atoms with Crippen LogP contribution in [0.15, 0.2) is 24.3 Å². The number of hydrogen-bond acceptors (Lipinski definition) is 4. The standard InChI is InChI=1S/C40H62O4/c1-25(2)33-19-31(20-34(26(3)4)39(33)41-17-11-13-29(9)37-23-43-37)15-16-32-21-35(27(5)6)40(36(22-32)28(7)8)42-18-12-14-30(10)38-24-44-38/h19-22,25-30,37-38H,11-18,23-24H2,1-10H3. The van der Waals surface area contributed by atoms with E-state index in [0.29, 0.717) is 47.7 Å². The van der Waals surface area contributed by atoms with Gasteiger partial charge in [-0.15, -0.1) is 0 Å². The molecule has 0 spiro atoms. The third-order valence-electron chi connectivity index (χ3n) is 9.69. The maximum Gasteiger partial charge on any atom is 0.126 e. The first-order valence-electron chi connectivity index (χ1n) is 17.8. The Morgan fingerprint density at radius 2 is 0.841 bits per heavy atom. The molecule has 0 radical (unpaired) electrons. The fourth-order valence-corrected chi connectivity index (χ4v) is 6.40. The van der Waals surface area contributed by atoms with Crippen molar-refractivity contribution in [2.24, 2.45) is 11.8 Å². The molecule has 2 aliphatic rings. The summed E-state index contributed by atoms with van der Waals surface area (Å²) in [7, 11) is 0. The van der Waals surface area contributed by atoms with Gasteiger partial charge in [-0.2, -0.15) is 0 Å². The van der Waals surface area contributed by atoms with E-state index in [9.17, 15) is 0 Å². The molecule has 4 atom stereocenters. The van der Waals surface area contributed by atoms with Crippen molar-refractivity contribution in [3.8, 4) is 11.5 Å². The maximum absolute atomic E-state index is 6.56. The Morgan fingerprint density at radius 1 is 0.545 bits per heavy atom. The molecule has 4 unspecified atom stereocenters. The molecular weight excluding hydrogens is 544 g/mol. The van der Waals surface area contributed by atoms with E-state index in [0.717, 1.165) is 76.5 Å². The van der Waals surface area contributed by atoms with Crippen molar-refractivity contribution in [2.75, 3.05) is 26.4 Å². The molecule has 2 aromatic rings. The number of aryl methyl sites for hydroxylation is 2. The van der Waals surface area contributed by atoms with Crippen LogP contribution < -0.4 is 9.47 Å². The van der Waals surface area contributed by atoms with Crippen molar-refractivity contribution in [3.63, 3.8) is 0 Å². The minimum absolute atomic E-state index is 0.414. The zero-order chi connectivity index (χ0) is 32.0. The van der Waals surface area contributed by atoms with E-state index in [1.54, 1.807) is 0 Å². The van der Waals surface area contributed by atoms with Crippen LogP contribution in [0.25, 0.3) is 0 Å². The molecular formula is C40H62O4. The lowest BCUT2D eigenvalue weighted by Gasteiger charge is -2.23. The molecule has 44 heavy (non-hydrogen) atoms. The molecule has 246 valence electrons. The van der Waals surface area contributed by atoms with E-state index >= 15 is 0 Å². The largest absolute Gasteiger partial charge is 0.493 e. The van der Waals surface area contributed by atoms with Gasteiger partial charge in [0.05, 0.1) is 38.6 Å². The number of rotatable bonds is 19. The molecule has 2 fully saturated rings. The minimum Gasteiger partial charge on any atom is -0.493 e. The van der Waals surface area contributed by atoms with E-state index in [1.807, 2.05) is 0 Å². The van der Waals surface area contributed by atoms with Gasteiger partial charge < -0.3 is 18.9 Å². The highest BCUT2D eigenvalue weighted by atomic mass is 16.6. The molecule has 0 saturated carbocycles. The van der Waals surface area contributed by atoms with Crippen molar-refractivity contribution in [1.82, 2.24) is 0 Å². The van der Waals surface area contributed by atoms with Gasteiger partial charge in [0.2, 0.25) is 0 Å². The summed E-state index contributed by atoms with van der Waals surface area (Å²) in [5.41, 5.74) is 8.22. The van der Waals surface area contributed by atoms with Crippen LogP contribution in [-0.4, -0.2) is 38.6 Å². The highest BCUT2D eigenvalue weighted by molar-refractivity contribution is 5.50. The number of ether oxygens (including phenoxy) is 4. The lowest BCUT2D eigenvalue weighted by atomic mass is 9.88. The van der Waals surface area contributed by atoms with Crippen molar-refractivity contribution in [1.29, 1.82) is 0 Å². The summed E-state index contributed by atoms with van der Waals surface area (Å²) < 4.78 is 24.1. The van der Waals surface area contributed by atoms with E-state index in [1.165, 1.54) is 33.4 Å². The van der Waals surface area contributed by atoms with Crippen LogP contribution in [0.4, 0.5) is 0 Å². The summed E-state index contributed by atoms with van der Waals surface area (Å²) in [6.07, 6.45) is 7.46. The maximum atomic E-state index is 6.56. The van der Waals surface area contributed by atoms with Gasteiger partial charge in [0, 0.05) is 0 Å². The highest BCUT2D eigenvalue weighted by Gasteiger charge is 2.29.